The van der Waals surface area contributed by atoms with Crippen LogP contribution in [0.4, 0.5) is 0 Å². The van der Waals surface area contributed by atoms with Gasteiger partial charge in [0.25, 0.3) is 0 Å². The molecule has 0 aromatic carbocycles. The Hall–Kier alpha value is -1.94. The summed E-state index contributed by atoms with van der Waals surface area (Å²) >= 11 is 0. The number of hydrogen-bond donors (Lipinski definition) is 3. The van der Waals surface area contributed by atoms with Crippen LogP contribution in [0, 0.1) is 23.7 Å². The van der Waals surface area contributed by atoms with E-state index in [0.29, 0.717) is 31.6 Å². The van der Waals surface area contributed by atoms with E-state index in [1.165, 1.54) is 141 Å². The van der Waals surface area contributed by atoms with E-state index in [9.17, 15) is 43.2 Å². The Bertz CT molecular complexity index is 1760. The minimum Gasteiger partial charge on any atom is -0.462 e. The van der Waals surface area contributed by atoms with Gasteiger partial charge in [-0.05, 0) is 49.4 Å². The number of esters is 4. The third-order valence-electron chi connectivity index (χ3n) is 16.1. The number of unbranched alkanes of at least 4 members (excludes halogenated alkanes) is 33. The zero-order chi connectivity index (χ0) is 66.1. The largest absolute Gasteiger partial charge is 0.472 e. The first kappa shape index (κ1) is 87.1. The van der Waals surface area contributed by atoms with E-state index in [1.807, 2.05) is 0 Å². The summed E-state index contributed by atoms with van der Waals surface area (Å²) in [7, 11) is -9.90. The molecule has 0 amide bonds. The van der Waals surface area contributed by atoms with Gasteiger partial charge in [-0.2, -0.15) is 0 Å². The van der Waals surface area contributed by atoms with Crippen molar-refractivity contribution in [1.29, 1.82) is 0 Å². The molecule has 528 valence electrons. The second kappa shape index (κ2) is 59.8. The number of aliphatic hydroxyl groups is 1. The van der Waals surface area contributed by atoms with E-state index in [1.54, 1.807) is 0 Å². The highest BCUT2D eigenvalue weighted by atomic mass is 31.2. The van der Waals surface area contributed by atoms with Crippen molar-refractivity contribution in [3.63, 3.8) is 0 Å². The summed E-state index contributed by atoms with van der Waals surface area (Å²) in [5.41, 5.74) is 0. The molecule has 0 aliphatic heterocycles. The molecule has 19 heteroatoms. The molecule has 0 fully saturated rings. The van der Waals surface area contributed by atoms with Crippen molar-refractivity contribution in [3.8, 4) is 0 Å². The van der Waals surface area contributed by atoms with Gasteiger partial charge in [0.15, 0.2) is 12.2 Å². The van der Waals surface area contributed by atoms with Crippen molar-refractivity contribution in [2.24, 2.45) is 23.7 Å². The predicted molar refractivity (Wildman–Crippen MR) is 358 cm³/mol. The minimum atomic E-state index is -4.95. The average Bonchev–Trinajstić information content (AvgIpc) is 3.70. The van der Waals surface area contributed by atoms with Gasteiger partial charge >= 0.3 is 39.5 Å². The van der Waals surface area contributed by atoms with Crippen molar-refractivity contribution in [2.75, 3.05) is 39.6 Å². The number of carbonyl (C=O) groups excluding carboxylic acids is 4. The molecule has 0 radical (unpaired) electrons. The Balaban J connectivity index is 5.22. The molecule has 0 aliphatic rings. The Kier molecular flexibility index (Phi) is 58.5. The van der Waals surface area contributed by atoms with Crippen LogP contribution in [0.1, 0.15) is 344 Å². The lowest BCUT2D eigenvalue weighted by molar-refractivity contribution is -0.161. The molecule has 0 saturated heterocycles. The summed E-state index contributed by atoms with van der Waals surface area (Å²) < 4.78 is 68.2. The second-order valence-corrected chi connectivity index (χ2v) is 30.1. The molecular weight excluding hydrogens is 1170 g/mol. The molecule has 0 aromatic heterocycles. The van der Waals surface area contributed by atoms with Crippen molar-refractivity contribution >= 4 is 39.5 Å². The Labute approximate surface area is 543 Å². The van der Waals surface area contributed by atoms with Gasteiger partial charge < -0.3 is 33.8 Å². The Morgan fingerprint density at radius 2 is 0.472 bits per heavy atom. The smallest absolute Gasteiger partial charge is 0.462 e. The van der Waals surface area contributed by atoms with E-state index in [-0.39, 0.29) is 25.7 Å². The predicted octanol–water partition coefficient (Wildman–Crippen LogP) is 19.7. The fraction of sp³-hybridized carbons (Fsp3) is 0.943. The van der Waals surface area contributed by atoms with E-state index < -0.39 is 97.5 Å². The van der Waals surface area contributed by atoms with Gasteiger partial charge in [0.05, 0.1) is 26.4 Å². The molecule has 3 N–H and O–H groups in total. The lowest BCUT2D eigenvalue weighted by Crippen LogP contribution is -2.30. The SMILES string of the molecule is CC(C)CCCCCCCCCCCCCCCCC(=O)OC[C@H](COP(=O)(O)OC[C@@H](O)COP(=O)(O)OC[C@@H](COC(=O)CCCCCCCCC(C)C)OC(=O)CCCCCCCCCCC(C)C)OC(=O)CCCCCCCCCCCC(C)C. The van der Waals surface area contributed by atoms with Gasteiger partial charge in [-0.15, -0.1) is 0 Å². The summed E-state index contributed by atoms with van der Waals surface area (Å²) in [5.74, 6) is 0.800. The molecule has 2 unspecified atom stereocenters. The standard InChI is InChI=1S/C70H136O17P2/c1-60(2)46-38-30-22-16-13-11-9-10-12-14-18-25-34-42-50-67(72)80-56-65(86-69(74)52-44-36-26-19-15-17-23-31-39-47-61(3)4)58-84-88(76,77)82-54-64(71)55-83-89(78,79)85-59-66(57-81-68(73)51-43-35-29-28-33-41-49-63(7)8)87-70(75)53-45-37-27-21-20-24-32-40-48-62(5)6/h60-66,71H,9-59H2,1-8H3,(H,76,77)(H,78,79)/t64-,65-,66-/m1/s1. The Morgan fingerprint density at radius 3 is 0.697 bits per heavy atom. The highest BCUT2D eigenvalue weighted by molar-refractivity contribution is 7.47. The van der Waals surface area contributed by atoms with Crippen LogP contribution >= 0.6 is 15.6 Å². The summed E-state index contributed by atoms with van der Waals surface area (Å²) in [5, 5.41) is 10.6. The van der Waals surface area contributed by atoms with E-state index in [4.69, 9.17) is 37.0 Å². The Morgan fingerprint density at radius 1 is 0.281 bits per heavy atom. The van der Waals surface area contributed by atoms with E-state index in [2.05, 4.69) is 55.4 Å². The number of carbonyl (C=O) groups is 4. The highest BCUT2D eigenvalue weighted by Crippen LogP contribution is 2.45. The molecule has 0 saturated carbocycles. The lowest BCUT2D eigenvalue weighted by Gasteiger charge is -2.21. The fourth-order valence-electron chi connectivity index (χ4n) is 10.5. The van der Waals surface area contributed by atoms with Crippen molar-refractivity contribution in [1.82, 2.24) is 0 Å². The summed E-state index contributed by atoms with van der Waals surface area (Å²) in [6.45, 7) is 14.0. The zero-order valence-corrected chi connectivity index (χ0v) is 59.8. The number of ether oxygens (including phenoxy) is 4. The van der Waals surface area contributed by atoms with Gasteiger partial charge in [-0.3, -0.25) is 37.3 Å². The lowest BCUT2D eigenvalue weighted by atomic mass is 10.0. The average molecular weight is 1310 g/mol. The maximum atomic E-state index is 13.0. The van der Waals surface area contributed by atoms with Crippen LogP contribution in [-0.4, -0.2) is 96.7 Å². The number of rotatable bonds is 67. The van der Waals surface area contributed by atoms with Crippen LogP contribution in [0.15, 0.2) is 0 Å². The molecule has 89 heavy (non-hydrogen) atoms. The molecule has 0 bridgehead atoms. The van der Waals surface area contributed by atoms with Gasteiger partial charge in [0.2, 0.25) is 0 Å². The zero-order valence-electron chi connectivity index (χ0n) is 58.1. The van der Waals surface area contributed by atoms with Crippen LogP contribution < -0.4 is 0 Å². The van der Waals surface area contributed by atoms with E-state index in [0.717, 1.165) is 114 Å². The second-order valence-electron chi connectivity index (χ2n) is 27.2. The molecule has 0 spiro atoms. The molecule has 17 nitrogen and oxygen atoms in total. The van der Waals surface area contributed by atoms with Gasteiger partial charge in [-0.1, -0.05) is 293 Å². The quantitative estimate of drug-likeness (QED) is 0.0222. The number of phosphoric acid groups is 2. The van der Waals surface area contributed by atoms with E-state index >= 15 is 0 Å². The van der Waals surface area contributed by atoms with Crippen LogP contribution in [-0.2, 0) is 65.4 Å². The molecule has 0 rings (SSSR count). The van der Waals surface area contributed by atoms with Gasteiger partial charge in [-0.25, -0.2) is 9.13 Å². The number of hydrogen-bond acceptors (Lipinski definition) is 15. The summed E-state index contributed by atoms with van der Waals surface area (Å²) in [6.07, 6.45) is 41.9. The van der Waals surface area contributed by atoms with Crippen LogP contribution in [0.2, 0.25) is 0 Å². The maximum Gasteiger partial charge on any atom is 0.472 e. The van der Waals surface area contributed by atoms with Crippen molar-refractivity contribution < 1.29 is 80.2 Å². The van der Waals surface area contributed by atoms with Gasteiger partial charge in [0, 0.05) is 25.7 Å². The van der Waals surface area contributed by atoms with Crippen LogP contribution in [0.25, 0.3) is 0 Å². The third kappa shape index (κ3) is 64.6. The normalized spacial score (nSPS) is 14.3. The number of phosphoric ester groups is 2. The fourth-order valence-corrected chi connectivity index (χ4v) is 12.1. The highest BCUT2D eigenvalue weighted by Gasteiger charge is 2.30. The molecular formula is C70H136O17P2. The molecule has 5 atom stereocenters. The topological polar surface area (TPSA) is 237 Å². The van der Waals surface area contributed by atoms with Gasteiger partial charge in [0.1, 0.15) is 19.3 Å². The molecule has 0 aromatic rings. The first-order valence-electron chi connectivity index (χ1n) is 36.2. The first-order chi connectivity index (χ1) is 42.6. The molecule has 0 aliphatic carbocycles. The maximum absolute atomic E-state index is 13.0. The van der Waals surface area contributed by atoms with Crippen LogP contribution in [0.5, 0.6) is 0 Å². The summed E-state index contributed by atoms with van der Waals surface area (Å²) in [6, 6.07) is 0. The third-order valence-corrected chi connectivity index (χ3v) is 18.0. The van der Waals surface area contributed by atoms with Crippen molar-refractivity contribution in [3.05, 3.63) is 0 Å². The minimum absolute atomic E-state index is 0.103. The first-order valence-corrected chi connectivity index (χ1v) is 39.2. The van der Waals surface area contributed by atoms with Crippen LogP contribution in [0.3, 0.4) is 0 Å². The monoisotopic (exact) mass is 1310 g/mol. The number of aliphatic hydroxyl groups excluding tert-OH is 1. The van der Waals surface area contributed by atoms with Crippen molar-refractivity contribution in [2.45, 2.75) is 363 Å². The summed E-state index contributed by atoms with van der Waals surface area (Å²) in [4.78, 5) is 72.5. The molecule has 0 heterocycles.